The van der Waals surface area contributed by atoms with Crippen LogP contribution in [-0.2, 0) is 6.54 Å². The van der Waals surface area contributed by atoms with E-state index in [4.69, 9.17) is 5.73 Å². The molecule has 2 N–H and O–H groups in total. The first kappa shape index (κ1) is 11.8. The first-order chi connectivity index (χ1) is 8.08. The lowest BCUT2D eigenvalue weighted by molar-refractivity contribution is 0.295. The summed E-state index contributed by atoms with van der Waals surface area (Å²) in [7, 11) is 0. The minimum absolute atomic E-state index is 0.222. The summed E-state index contributed by atoms with van der Waals surface area (Å²) in [6.07, 6.45) is 1.04. The van der Waals surface area contributed by atoms with Crippen molar-refractivity contribution >= 4 is 5.96 Å². The predicted molar refractivity (Wildman–Crippen MR) is 57.8 cm³/mol. The Kier molecular flexibility index (Phi) is 3.21. The lowest BCUT2D eigenvalue weighted by atomic mass is 10.2. The van der Waals surface area contributed by atoms with Crippen LogP contribution >= 0.6 is 0 Å². The van der Waals surface area contributed by atoms with Crippen LogP contribution in [0.5, 0.6) is 0 Å². The van der Waals surface area contributed by atoms with Gasteiger partial charge in [0, 0.05) is 30.8 Å². The number of hydrogen-bond donors (Lipinski definition) is 1. The van der Waals surface area contributed by atoms with Crippen LogP contribution in [0.3, 0.4) is 0 Å². The predicted octanol–water partition coefficient (Wildman–Crippen LogP) is 1.62. The third-order valence-electron chi connectivity index (χ3n) is 2.69. The maximum absolute atomic E-state index is 13.3. The molecule has 1 aromatic carbocycles. The molecule has 0 atom stereocenters. The first-order valence-electron chi connectivity index (χ1n) is 5.26. The van der Waals surface area contributed by atoms with Crippen molar-refractivity contribution in [1.82, 2.24) is 4.90 Å². The molecule has 17 heavy (non-hydrogen) atoms. The van der Waals surface area contributed by atoms with Crippen LogP contribution in [0.25, 0.3) is 0 Å². The van der Waals surface area contributed by atoms with Gasteiger partial charge < -0.3 is 10.6 Å². The Hall–Kier alpha value is -1.72. The molecule has 1 heterocycles. The van der Waals surface area contributed by atoms with E-state index in [0.717, 1.165) is 19.5 Å². The van der Waals surface area contributed by atoms with Crippen molar-refractivity contribution in [2.24, 2.45) is 10.7 Å². The third-order valence-corrected chi connectivity index (χ3v) is 2.69. The number of hydrogen-bond acceptors (Lipinski definition) is 1. The Bertz CT molecular complexity index is 432. The van der Waals surface area contributed by atoms with Gasteiger partial charge in [-0.25, -0.2) is 18.2 Å². The Morgan fingerprint density at radius 1 is 1.24 bits per heavy atom. The second-order valence-corrected chi connectivity index (χ2v) is 3.86. The average Bonchev–Trinajstić information content (AvgIpc) is 2.12. The molecule has 0 unspecified atom stereocenters. The Labute approximate surface area is 96.7 Å². The van der Waals surface area contributed by atoms with Crippen LogP contribution in [0.4, 0.5) is 13.2 Å². The molecule has 1 aliphatic rings. The maximum Gasteiger partial charge on any atom is 0.191 e. The number of benzene rings is 1. The molecule has 1 aromatic rings. The van der Waals surface area contributed by atoms with Gasteiger partial charge in [0.1, 0.15) is 17.5 Å². The molecule has 92 valence electrons. The van der Waals surface area contributed by atoms with Crippen LogP contribution in [-0.4, -0.2) is 23.9 Å². The van der Waals surface area contributed by atoms with Crippen molar-refractivity contribution in [3.8, 4) is 0 Å². The van der Waals surface area contributed by atoms with E-state index in [1.807, 2.05) is 0 Å². The van der Waals surface area contributed by atoms with E-state index in [0.29, 0.717) is 12.1 Å². The summed E-state index contributed by atoms with van der Waals surface area (Å²) < 4.78 is 39.2. The molecule has 3 nitrogen and oxygen atoms in total. The Morgan fingerprint density at radius 3 is 2.29 bits per heavy atom. The van der Waals surface area contributed by atoms with Crippen molar-refractivity contribution in [1.29, 1.82) is 0 Å². The number of rotatable bonds is 2. The van der Waals surface area contributed by atoms with Crippen molar-refractivity contribution in [3.63, 3.8) is 0 Å². The molecule has 0 spiro atoms. The molecule has 2 rings (SSSR count). The number of nitrogens with two attached hydrogens (primary N) is 1. The number of likely N-dealkylation sites (tertiary alicyclic amines) is 1. The molecule has 1 saturated heterocycles. The Morgan fingerprint density at radius 2 is 1.82 bits per heavy atom. The van der Waals surface area contributed by atoms with Crippen LogP contribution in [0.15, 0.2) is 17.1 Å². The molecule has 0 aliphatic carbocycles. The summed E-state index contributed by atoms with van der Waals surface area (Å²) >= 11 is 0. The average molecular weight is 243 g/mol. The van der Waals surface area contributed by atoms with E-state index in [-0.39, 0.29) is 18.1 Å². The number of nitrogens with zero attached hydrogens (tertiary/aromatic N) is 2. The topological polar surface area (TPSA) is 41.6 Å². The summed E-state index contributed by atoms with van der Waals surface area (Å²) in [4.78, 5) is 5.69. The fourth-order valence-electron chi connectivity index (χ4n) is 1.53. The van der Waals surface area contributed by atoms with E-state index >= 15 is 0 Å². The van der Waals surface area contributed by atoms with E-state index < -0.39 is 17.5 Å². The molecule has 1 aliphatic heterocycles. The molecule has 6 heteroatoms. The molecular weight excluding hydrogens is 231 g/mol. The van der Waals surface area contributed by atoms with Gasteiger partial charge in [-0.05, 0) is 6.42 Å². The monoisotopic (exact) mass is 243 g/mol. The second kappa shape index (κ2) is 4.65. The van der Waals surface area contributed by atoms with Crippen LogP contribution in [0.2, 0.25) is 0 Å². The zero-order valence-electron chi connectivity index (χ0n) is 9.09. The van der Waals surface area contributed by atoms with Crippen molar-refractivity contribution in [2.45, 2.75) is 13.0 Å². The molecule has 0 amide bonds. The molecule has 0 bridgehead atoms. The highest BCUT2D eigenvalue weighted by atomic mass is 19.1. The maximum atomic E-state index is 13.3. The zero-order chi connectivity index (χ0) is 12.4. The van der Waals surface area contributed by atoms with Crippen molar-refractivity contribution in [2.75, 3.05) is 13.1 Å². The fourth-order valence-corrected chi connectivity index (χ4v) is 1.53. The highest BCUT2D eigenvalue weighted by Gasteiger charge is 2.16. The van der Waals surface area contributed by atoms with Crippen molar-refractivity contribution < 1.29 is 13.2 Å². The molecule has 0 radical (unpaired) electrons. The van der Waals surface area contributed by atoms with Gasteiger partial charge in [-0.1, -0.05) is 0 Å². The summed E-state index contributed by atoms with van der Waals surface area (Å²) in [5.74, 6) is -2.56. The van der Waals surface area contributed by atoms with Gasteiger partial charge in [0.05, 0.1) is 6.54 Å². The minimum Gasteiger partial charge on any atom is -0.370 e. The van der Waals surface area contributed by atoms with E-state index in [1.54, 1.807) is 4.90 Å². The fraction of sp³-hybridized carbons (Fsp3) is 0.364. The summed E-state index contributed by atoms with van der Waals surface area (Å²) in [6.45, 7) is 1.40. The van der Waals surface area contributed by atoms with E-state index in [9.17, 15) is 13.2 Å². The highest BCUT2D eigenvalue weighted by Crippen LogP contribution is 2.16. The van der Waals surface area contributed by atoms with Crippen LogP contribution < -0.4 is 5.73 Å². The van der Waals surface area contributed by atoms with Gasteiger partial charge >= 0.3 is 0 Å². The molecule has 1 fully saturated rings. The zero-order valence-corrected chi connectivity index (χ0v) is 9.09. The van der Waals surface area contributed by atoms with Gasteiger partial charge in [-0.2, -0.15) is 0 Å². The van der Waals surface area contributed by atoms with Gasteiger partial charge in [0.2, 0.25) is 0 Å². The SMILES string of the molecule is NC(=NCc1c(F)cc(F)cc1F)N1CCC1. The summed E-state index contributed by atoms with van der Waals surface area (Å²) in [5, 5.41) is 0. The van der Waals surface area contributed by atoms with Crippen LogP contribution in [0, 0.1) is 17.5 Å². The van der Waals surface area contributed by atoms with Crippen LogP contribution in [0.1, 0.15) is 12.0 Å². The van der Waals surface area contributed by atoms with Gasteiger partial charge in [-0.15, -0.1) is 0 Å². The third kappa shape index (κ3) is 2.51. The molecule has 0 aromatic heterocycles. The largest absolute Gasteiger partial charge is 0.370 e. The van der Waals surface area contributed by atoms with Gasteiger partial charge in [0.25, 0.3) is 0 Å². The number of guanidine groups is 1. The second-order valence-electron chi connectivity index (χ2n) is 3.86. The smallest absolute Gasteiger partial charge is 0.191 e. The molecule has 0 saturated carbocycles. The minimum atomic E-state index is -0.942. The van der Waals surface area contributed by atoms with E-state index in [2.05, 4.69) is 4.99 Å². The summed E-state index contributed by atoms with van der Waals surface area (Å²) in [6, 6.07) is 1.27. The standard InChI is InChI=1S/C11H12F3N3/c12-7-4-9(13)8(10(14)5-7)6-16-11(15)17-2-1-3-17/h4-5H,1-3,6H2,(H2,15,16). The Balaban J connectivity index is 2.13. The van der Waals surface area contributed by atoms with E-state index in [1.165, 1.54) is 0 Å². The highest BCUT2D eigenvalue weighted by molar-refractivity contribution is 5.78. The lowest BCUT2D eigenvalue weighted by Crippen LogP contribution is -2.46. The first-order valence-corrected chi connectivity index (χ1v) is 5.26. The van der Waals surface area contributed by atoms with Crippen molar-refractivity contribution in [3.05, 3.63) is 35.1 Å². The van der Waals surface area contributed by atoms with Gasteiger partial charge in [-0.3, -0.25) is 0 Å². The number of halogens is 3. The normalized spacial score (nSPS) is 15.9. The quantitative estimate of drug-likeness (QED) is 0.633. The lowest BCUT2D eigenvalue weighted by Gasteiger charge is -2.31. The molecular formula is C11H12F3N3. The van der Waals surface area contributed by atoms with Gasteiger partial charge in [0.15, 0.2) is 5.96 Å². The number of aliphatic imine (C=N–C) groups is 1. The summed E-state index contributed by atoms with van der Waals surface area (Å²) in [5.41, 5.74) is 5.35.